The van der Waals surface area contributed by atoms with Crippen molar-refractivity contribution in [2.45, 2.75) is 6.18 Å². The minimum absolute atomic E-state index is 0.194. The Morgan fingerprint density at radius 1 is 1.15 bits per heavy atom. The smallest absolute Gasteiger partial charge is 0.399 e. The summed E-state index contributed by atoms with van der Waals surface area (Å²) >= 11 is 11.9. The lowest BCUT2D eigenvalue weighted by molar-refractivity contribution is -0.137. The number of carbonyl (C=O) groups is 1. The van der Waals surface area contributed by atoms with Gasteiger partial charge in [-0.1, -0.05) is 40.5 Å². The lowest BCUT2D eigenvalue weighted by Crippen LogP contribution is -2.31. The zero-order valence-corrected chi connectivity index (χ0v) is 14.9. The Morgan fingerprint density at radius 3 is 2.46 bits per heavy atom. The number of hydrogen-bond donors (Lipinski definition) is 1. The fourth-order valence-electron chi connectivity index (χ4n) is 2.20. The Labute approximate surface area is 157 Å². The quantitative estimate of drug-likeness (QED) is 0.575. The van der Waals surface area contributed by atoms with Crippen molar-refractivity contribution in [2.24, 2.45) is 5.16 Å². The van der Waals surface area contributed by atoms with Gasteiger partial charge in [0.25, 0.3) is 5.91 Å². The van der Waals surface area contributed by atoms with Crippen LogP contribution in [0.4, 0.5) is 13.2 Å². The van der Waals surface area contributed by atoms with E-state index in [4.69, 9.17) is 28.0 Å². The Morgan fingerprint density at radius 2 is 1.85 bits per heavy atom. The molecule has 0 aliphatic heterocycles. The highest BCUT2D eigenvalue weighted by atomic mass is 35.5. The molecule has 0 unspecified atom stereocenters. The van der Waals surface area contributed by atoms with Crippen molar-refractivity contribution >= 4 is 34.8 Å². The first kappa shape index (κ1) is 20.1. The molecule has 0 radical (unpaired) electrons. The molecule has 1 amide bonds. The van der Waals surface area contributed by atoms with Crippen molar-refractivity contribution in [2.75, 3.05) is 13.7 Å². The lowest BCUT2D eigenvalue weighted by atomic mass is 10.1. The number of hydrogen-bond acceptors (Lipinski definition) is 3. The lowest BCUT2D eigenvalue weighted by Gasteiger charge is -2.13. The molecule has 26 heavy (non-hydrogen) atoms. The van der Waals surface area contributed by atoms with Gasteiger partial charge in [0.15, 0.2) is 0 Å². The van der Waals surface area contributed by atoms with Crippen molar-refractivity contribution < 1.29 is 22.8 Å². The molecule has 2 aromatic rings. The van der Waals surface area contributed by atoms with Crippen LogP contribution in [0.25, 0.3) is 0 Å². The first-order chi connectivity index (χ1) is 12.2. The average Bonchev–Trinajstić information content (AvgIpc) is 2.58. The number of amides is 1. The number of alkyl halides is 3. The van der Waals surface area contributed by atoms with Crippen LogP contribution >= 0.6 is 23.2 Å². The minimum Gasteiger partial charge on any atom is -0.399 e. The first-order valence-electron chi connectivity index (χ1n) is 7.24. The van der Waals surface area contributed by atoms with Gasteiger partial charge in [0.1, 0.15) is 12.8 Å². The number of rotatable bonds is 5. The summed E-state index contributed by atoms with van der Waals surface area (Å²) in [5, 5.41) is 6.83. The third-order valence-electron chi connectivity index (χ3n) is 3.34. The van der Waals surface area contributed by atoms with Gasteiger partial charge in [0.05, 0.1) is 22.7 Å². The standard InChI is InChI=1S/C17H13Cl2F3N2O2/c1-26-24-15(12-7-6-10(18)8-14(12)19)9-23-16(25)11-4-2-3-5-13(11)17(20,21)22/h2-8H,9H2,1H3,(H,23,25)/b24-15+. The summed E-state index contributed by atoms with van der Waals surface area (Å²) in [6.45, 7) is -0.194. The number of halogens is 5. The monoisotopic (exact) mass is 404 g/mol. The maximum Gasteiger partial charge on any atom is 0.417 e. The van der Waals surface area contributed by atoms with Crippen LogP contribution in [0, 0.1) is 0 Å². The zero-order valence-electron chi connectivity index (χ0n) is 13.4. The van der Waals surface area contributed by atoms with Crippen molar-refractivity contribution in [3.63, 3.8) is 0 Å². The van der Waals surface area contributed by atoms with Crippen LogP contribution in [0.5, 0.6) is 0 Å². The molecule has 0 bridgehead atoms. The SMILES string of the molecule is CO/N=C(\CNC(=O)c1ccccc1C(F)(F)F)c1ccc(Cl)cc1Cl. The minimum atomic E-state index is -4.64. The Bertz CT molecular complexity index is 839. The maximum absolute atomic E-state index is 13.0. The van der Waals surface area contributed by atoms with E-state index < -0.39 is 23.2 Å². The molecule has 9 heteroatoms. The molecule has 2 rings (SSSR count). The van der Waals surface area contributed by atoms with Gasteiger partial charge < -0.3 is 10.2 Å². The molecule has 0 heterocycles. The van der Waals surface area contributed by atoms with Crippen LogP contribution in [0.3, 0.4) is 0 Å². The maximum atomic E-state index is 13.0. The second-order valence-electron chi connectivity index (χ2n) is 5.07. The highest BCUT2D eigenvalue weighted by molar-refractivity contribution is 6.37. The number of benzene rings is 2. The van der Waals surface area contributed by atoms with Crippen LogP contribution < -0.4 is 5.32 Å². The van der Waals surface area contributed by atoms with E-state index in [1.54, 1.807) is 12.1 Å². The Hall–Kier alpha value is -2.25. The van der Waals surface area contributed by atoms with Crippen LogP contribution in [0.1, 0.15) is 21.5 Å². The topological polar surface area (TPSA) is 50.7 Å². The number of carbonyl (C=O) groups excluding carboxylic acids is 1. The van der Waals surface area contributed by atoms with Crippen LogP contribution in [0.2, 0.25) is 10.0 Å². The van der Waals surface area contributed by atoms with Crippen LogP contribution in [0.15, 0.2) is 47.6 Å². The largest absolute Gasteiger partial charge is 0.417 e. The highest BCUT2D eigenvalue weighted by Gasteiger charge is 2.34. The van der Waals surface area contributed by atoms with E-state index in [1.165, 1.54) is 25.3 Å². The number of nitrogens with zero attached hydrogens (tertiary/aromatic N) is 1. The van der Waals surface area contributed by atoms with Crippen LogP contribution in [-0.4, -0.2) is 25.3 Å². The molecule has 0 aliphatic rings. The molecule has 0 fully saturated rings. The normalized spacial score (nSPS) is 12.0. The van der Waals surface area contributed by atoms with Crippen LogP contribution in [-0.2, 0) is 11.0 Å². The third-order valence-corrected chi connectivity index (χ3v) is 3.88. The second kappa shape index (κ2) is 8.42. The van der Waals surface area contributed by atoms with Crippen molar-refractivity contribution in [3.05, 3.63) is 69.2 Å². The van der Waals surface area contributed by atoms with Crippen molar-refractivity contribution in [1.82, 2.24) is 5.32 Å². The van der Waals surface area contributed by atoms with E-state index in [-0.39, 0.29) is 17.3 Å². The predicted molar refractivity (Wildman–Crippen MR) is 93.8 cm³/mol. The molecule has 0 aliphatic carbocycles. The summed E-state index contributed by atoms with van der Waals surface area (Å²) in [6, 6.07) is 9.11. The molecular formula is C17H13Cl2F3N2O2. The van der Waals surface area contributed by atoms with E-state index >= 15 is 0 Å². The third kappa shape index (κ3) is 4.89. The summed E-state index contributed by atoms with van der Waals surface area (Å²) < 4.78 is 39.1. The van der Waals surface area contributed by atoms with Gasteiger partial charge in [-0.3, -0.25) is 4.79 Å². The highest BCUT2D eigenvalue weighted by Crippen LogP contribution is 2.31. The molecule has 1 N–H and O–H groups in total. The molecule has 0 saturated heterocycles. The summed E-state index contributed by atoms with van der Waals surface area (Å²) in [6.07, 6.45) is -4.64. The molecule has 2 aromatic carbocycles. The molecule has 0 saturated carbocycles. The van der Waals surface area contributed by atoms with E-state index in [1.807, 2.05) is 0 Å². The molecule has 0 spiro atoms. The van der Waals surface area contributed by atoms with E-state index in [0.29, 0.717) is 10.6 Å². The predicted octanol–water partition coefficient (Wildman–Crippen LogP) is 4.79. The van der Waals surface area contributed by atoms with E-state index in [0.717, 1.165) is 12.1 Å². The van der Waals surface area contributed by atoms with Gasteiger partial charge in [-0.2, -0.15) is 13.2 Å². The van der Waals surface area contributed by atoms with Crippen molar-refractivity contribution in [1.29, 1.82) is 0 Å². The van der Waals surface area contributed by atoms with E-state index in [9.17, 15) is 18.0 Å². The molecule has 138 valence electrons. The van der Waals surface area contributed by atoms with Crippen molar-refractivity contribution in [3.8, 4) is 0 Å². The van der Waals surface area contributed by atoms with Gasteiger partial charge in [-0.15, -0.1) is 0 Å². The summed E-state index contributed by atoms with van der Waals surface area (Å²) in [4.78, 5) is 17.0. The van der Waals surface area contributed by atoms with Gasteiger partial charge in [-0.05, 0) is 30.3 Å². The fourth-order valence-corrected chi connectivity index (χ4v) is 2.72. The number of oxime groups is 1. The molecule has 0 aromatic heterocycles. The van der Waals surface area contributed by atoms with Gasteiger partial charge in [0, 0.05) is 10.6 Å². The first-order valence-corrected chi connectivity index (χ1v) is 7.99. The summed E-state index contributed by atoms with van der Waals surface area (Å²) in [7, 11) is 1.30. The number of nitrogens with one attached hydrogen (secondary N) is 1. The Balaban J connectivity index is 2.23. The average molecular weight is 405 g/mol. The van der Waals surface area contributed by atoms with E-state index in [2.05, 4.69) is 10.5 Å². The van der Waals surface area contributed by atoms with Gasteiger partial charge in [-0.25, -0.2) is 0 Å². The zero-order chi connectivity index (χ0) is 19.3. The van der Waals surface area contributed by atoms with Gasteiger partial charge >= 0.3 is 6.18 Å². The molecular weight excluding hydrogens is 392 g/mol. The summed E-state index contributed by atoms with van der Waals surface area (Å²) in [5.41, 5.74) is -0.847. The molecule has 4 nitrogen and oxygen atoms in total. The molecule has 0 atom stereocenters. The fraction of sp³-hybridized carbons (Fsp3) is 0.176. The second-order valence-corrected chi connectivity index (χ2v) is 5.91. The Kier molecular flexibility index (Phi) is 6.50. The summed E-state index contributed by atoms with van der Waals surface area (Å²) in [5.74, 6) is -0.896. The van der Waals surface area contributed by atoms with Gasteiger partial charge in [0.2, 0.25) is 0 Å².